The van der Waals surface area contributed by atoms with Crippen molar-refractivity contribution in [3.63, 3.8) is 0 Å². The van der Waals surface area contributed by atoms with Gasteiger partial charge in [0, 0.05) is 51.6 Å². The molecule has 2 aliphatic rings. The van der Waals surface area contributed by atoms with Crippen molar-refractivity contribution in [2.45, 2.75) is 70.4 Å². The highest BCUT2D eigenvalue weighted by Crippen LogP contribution is 2.20. The summed E-state index contributed by atoms with van der Waals surface area (Å²) in [5.41, 5.74) is 0. The molecule has 2 N–H and O–H groups in total. The van der Waals surface area contributed by atoms with Crippen LogP contribution in [0.3, 0.4) is 0 Å². The second kappa shape index (κ2) is 14.5. The van der Waals surface area contributed by atoms with E-state index in [4.69, 9.17) is 9.90 Å². The van der Waals surface area contributed by atoms with Gasteiger partial charge in [0.05, 0.1) is 0 Å². The number of amides is 2. The highest BCUT2D eigenvalue weighted by Gasteiger charge is 2.25. The number of rotatable bonds is 4. The van der Waals surface area contributed by atoms with Crippen molar-refractivity contribution in [1.82, 2.24) is 29.9 Å². The lowest BCUT2D eigenvalue weighted by Crippen LogP contribution is -2.44. The number of carbonyl (C=O) groups is 3. The zero-order valence-corrected chi connectivity index (χ0v) is 18.3. The van der Waals surface area contributed by atoms with Crippen molar-refractivity contribution in [2.24, 2.45) is 0 Å². The van der Waals surface area contributed by atoms with Gasteiger partial charge in [-0.1, -0.05) is 6.42 Å². The van der Waals surface area contributed by atoms with Crippen molar-refractivity contribution in [1.29, 1.82) is 0 Å². The Bertz CT molecular complexity index is 654. The van der Waals surface area contributed by atoms with Crippen LogP contribution >= 0.6 is 0 Å². The number of aryl methyl sites for hydroxylation is 1. The van der Waals surface area contributed by atoms with Crippen LogP contribution in [0, 0.1) is 0 Å². The lowest BCUT2D eigenvalue weighted by molar-refractivity contribution is -0.131. The first-order chi connectivity index (χ1) is 15.1. The number of carboxylic acid groups (broad SMARTS) is 1. The van der Waals surface area contributed by atoms with Gasteiger partial charge in [-0.2, -0.15) is 5.10 Å². The van der Waals surface area contributed by atoms with E-state index >= 15 is 0 Å². The summed E-state index contributed by atoms with van der Waals surface area (Å²) in [5.74, 6) is 0.409. The average Bonchev–Trinajstić information content (AvgIpc) is 3.27. The number of carbonyl (C=O) groups excluding carboxylic acids is 2. The molecule has 3 rings (SSSR count). The van der Waals surface area contributed by atoms with E-state index in [1.807, 2.05) is 4.90 Å². The summed E-state index contributed by atoms with van der Waals surface area (Å²) in [6.45, 7) is 4.82. The van der Waals surface area contributed by atoms with E-state index in [0.717, 1.165) is 64.8 Å². The molecule has 3 heterocycles. The molecule has 1 unspecified atom stereocenters. The molecule has 1 aromatic rings. The van der Waals surface area contributed by atoms with Gasteiger partial charge < -0.3 is 15.3 Å². The highest BCUT2D eigenvalue weighted by molar-refractivity contribution is 5.76. The largest absolute Gasteiger partial charge is 0.483 e. The van der Waals surface area contributed by atoms with E-state index in [1.54, 1.807) is 11.0 Å². The van der Waals surface area contributed by atoms with Crippen LogP contribution < -0.4 is 5.32 Å². The standard InChI is InChI=1S/C20H34N6O2.CH2O2/c27-19-15-18-7-1-3-10-24(18)12-6-13-25(11-4-2-9-22-19)20(28)8-5-14-26-17-21-16-23-26;2-1-3/h16-18H,1-15H2,(H,22,27);1H,(H,2,3). The molecule has 0 radical (unpaired) electrons. The number of aromatic nitrogens is 3. The highest BCUT2D eigenvalue weighted by atomic mass is 16.3. The summed E-state index contributed by atoms with van der Waals surface area (Å²) in [4.78, 5) is 41.7. The first-order valence-corrected chi connectivity index (χ1v) is 11.3. The SMILES string of the molecule is O=C1CC2CCCCN2CCCN(C(=O)CCCn2cncn2)CCCCN1.O=CO. The fourth-order valence-corrected chi connectivity index (χ4v) is 4.25. The molecule has 2 aliphatic heterocycles. The summed E-state index contributed by atoms with van der Waals surface area (Å²) in [5, 5.41) is 14.0. The fraction of sp³-hybridized carbons (Fsp3) is 0.762. The Hall–Kier alpha value is -2.49. The monoisotopic (exact) mass is 436 g/mol. The Kier molecular flexibility index (Phi) is 11.6. The molecular formula is C21H36N6O4. The molecule has 174 valence electrons. The molecular weight excluding hydrogens is 400 g/mol. The van der Waals surface area contributed by atoms with Crippen molar-refractivity contribution in [2.75, 3.05) is 32.7 Å². The van der Waals surface area contributed by atoms with E-state index in [0.29, 0.717) is 25.4 Å². The summed E-state index contributed by atoms with van der Waals surface area (Å²) in [7, 11) is 0. The predicted molar refractivity (Wildman–Crippen MR) is 115 cm³/mol. The van der Waals surface area contributed by atoms with E-state index in [2.05, 4.69) is 20.3 Å². The van der Waals surface area contributed by atoms with Gasteiger partial charge in [0.2, 0.25) is 11.8 Å². The van der Waals surface area contributed by atoms with Crippen LogP contribution in [0.4, 0.5) is 0 Å². The maximum atomic E-state index is 12.7. The predicted octanol–water partition coefficient (Wildman–Crippen LogP) is 1.13. The van der Waals surface area contributed by atoms with Crippen LogP contribution in [0.5, 0.6) is 0 Å². The number of fused-ring (bicyclic) bond motifs is 1. The lowest BCUT2D eigenvalue weighted by atomic mass is 9.98. The Balaban J connectivity index is 0.00000107. The molecule has 2 saturated heterocycles. The topological polar surface area (TPSA) is 121 Å². The van der Waals surface area contributed by atoms with Gasteiger partial charge in [-0.05, 0) is 45.1 Å². The first-order valence-electron chi connectivity index (χ1n) is 11.3. The molecule has 0 saturated carbocycles. The third-order valence-electron chi connectivity index (χ3n) is 5.82. The van der Waals surface area contributed by atoms with E-state index in [1.165, 1.54) is 19.2 Å². The maximum absolute atomic E-state index is 12.7. The van der Waals surface area contributed by atoms with Crippen molar-refractivity contribution in [3.8, 4) is 0 Å². The second-order valence-corrected chi connectivity index (χ2v) is 8.05. The van der Waals surface area contributed by atoms with Crippen molar-refractivity contribution < 1.29 is 19.5 Å². The summed E-state index contributed by atoms with van der Waals surface area (Å²) in [6, 6.07) is 0.362. The number of hydrogen-bond donors (Lipinski definition) is 2. The molecule has 31 heavy (non-hydrogen) atoms. The van der Waals surface area contributed by atoms with E-state index < -0.39 is 0 Å². The van der Waals surface area contributed by atoms with Crippen molar-refractivity contribution >= 4 is 18.3 Å². The average molecular weight is 437 g/mol. The molecule has 2 fully saturated rings. The lowest BCUT2D eigenvalue weighted by Gasteiger charge is -2.35. The molecule has 10 heteroatoms. The van der Waals surface area contributed by atoms with Gasteiger partial charge in [0.1, 0.15) is 12.7 Å². The smallest absolute Gasteiger partial charge is 0.290 e. The van der Waals surface area contributed by atoms with Gasteiger partial charge in [0.15, 0.2) is 0 Å². The van der Waals surface area contributed by atoms with Crippen LogP contribution in [0.15, 0.2) is 12.7 Å². The zero-order valence-electron chi connectivity index (χ0n) is 18.3. The van der Waals surface area contributed by atoms with Gasteiger partial charge in [-0.15, -0.1) is 0 Å². The van der Waals surface area contributed by atoms with E-state index in [-0.39, 0.29) is 18.3 Å². The first kappa shape index (κ1) is 24.8. The number of piperidine rings is 1. The summed E-state index contributed by atoms with van der Waals surface area (Å²) >= 11 is 0. The minimum absolute atomic E-state index is 0.178. The third-order valence-corrected chi connectivity index (χ3v) is 5.82. The van der Waals surface area contributed by atoms with Gasteiger partial charge in [-0.3, -0.25) is 24.0 Å². The van der Waals surface area contributed by atoms with E-state index in [9.17, 15) is 9.59 Å². The molecule has 1 atom stereocenters. The molecule has 0 bridgehead atoms. The van der Waals surface area contributed by atoms with Crippen LogP contribution in [0.2, 0.25) is 0 Å². The summed E-state index contributed by atoms with van der Waals surface area (Å²) in [6.07, 6.45) is 11.5. The molecule has 0 aliphatic carbocycles. The molecule has 0 spiro atoms. The van der Waals surface area contributed by atoms with Crippen LogP contribution in [0.25, 0.3) is 0 Å². The quantitative estimate of drug-likeness (QED) is 0.679. The second-order valence-electron chi connectivity index (χ2n) is 8.05. The van der Waals surface area contributed by atoms with Crippen LogP contribution in [-0.2, 0) is 20.9 Å². The molecule has 10 nitrogen and oxygen atoms in total. The fourth-order valence-electron chi connectivity index (χ4n) is 4.25. The normalized spacial score (nSPS) is 21.2. The maximum Gasteiger partial charge on any atom is 0.290 e. The van der Waals surface area contributed by atoms with Crippen LogP contribution in [-0.4, -0.2) is 86.7 Å². The Morgan fingerprint density at radius 1 is 1.16 bits per heavy atom. The number of nitrogens with zero attached hydrogens (tertiary/aromatic N) is 5. The number of nitrogens with one attached hydrogen (secondary N) is 1. The minimum Gasteiger partial charge on any atom is -0.483 e. The Morgan fingerprint density at radius 3 is 2.68 bits per heavy atom. The molecule has 0 aromatic carbocycles. The number of hydrogen-bond acceptors (Lipinski definition) is 6. The molecule has 2 amide bonds. The Morgan fingerprint density at radius 2 is 1.90 bits per heavy atom. The van der Waals surface area contributed by atoms with Gasteiger partial charge in [0.25, 0.3) is 6.47 Å². The van der Waals surface area contributed by atoms with Gasteiger partial charge >= 0.3 is 0 Å². The zero-order chi connectivity index (χ0) is 22.3. The van der Waals surface area contributed by atoms with Crippen molar-refractivity contribution in [3.05, 3.63) is 12.7 Å². The Labute approximate surface area is 184 Å². The third kappa shape index (κ3) is 9.46. The summed E-state index contributed by atoms with van der Waals surface area (Å²) < 4.78 is 1.77. The molecule has 1 aromatic heterocycles. The van der Waals surface area contributed by atoms with Gasteiger partial charge in [-0.25, -0.2) is 4.98 Å². The van der Waals surface area contributed by atoms with Crippen LogP contribution in [0.1, 0.15) is 57.8 Å². The minimum atomic E-state index is -0.250.